The smallest absolute Gasteiger partial charge is 0.303 e. The lowest BCUT2D eigenvalue weighted by molar-refractivity contribution is -0.137. The first-order valence-corrected chi connectivity index (χ1v) is 10.0. The first-order chi connectivity index (χ1) is 15.7. The van der Waals surface area contributed by atoms with Crippen molar-refractivity contribution in [1.82, 2.24) is 19.8 Å². The fraction of sp³-hybridized carbons (Fsp3) is 0.227. The molecule has 0 atom stereocenters. The molecular formula is C22H19F4N5O2. The Hall–Kier alpha value is -3.89. The van der Waals surface area contributed by atoms with Gasteiger partial charge >= 0.3 is 12.2 Å². The molecule has 1 fully saturated rings. The highest BCUT2D eigenvalue weighted by Crippen LogP contribution is 2.36. The molecule has 1 saturated heterocycles. The Labute approximate surface area is 186 Å². The number of nitrogens with zero attached hydrogens (tertiary/aromatic N) is 4. The van der Waals surface area contributed by atoms with E-state index < -0.39 is 35.2 Å². The summed E-state index contributed by atoms with van der Waals surface area (Å²) in [5, 5.41) is 8.34. The van der Waals surface area contributed by atoms with Crippen LogP contribution in [0.3, 0.4) is 0 Å². The maximum absolute atomic E-state index is 14.1. The predicted octanol–water partition coefficient (Wildman–Crippen LogP) is 4.63. The van der Waals surface area contributed by atoms with Crippen LogP contribution in [0.15, 0.2) is 54.7 Å². The average Bonchev–Trinajstić information content (AvgIpc) is 3.41. The zero-order valence-electron chi connectivity index (χ0n) is 17.4. The molecule has 0 saturated carbocycles. The Balaban J connectivity index is 1.58. The molecule has 2 heterocycles. The van der Waals surface area contributed by atoms with E-state index in [1.807, 2.05) is 35.6 Å². The Morgan fingerprint density at radius 3 is 2.39 bits per heavy atom. The average molecular weight is 461 g/mol. The zero-order valence-corrected chi connectivity index (χ0v) is 17.4. The molecule has 172 valence electrons. The Bertz CT molecular complexity index is 1190. The van der Waals surface area contributed by atoms with Gasteiger partial charge in [0.25, 0.3) is 5.91 Å². The second-order valence-electron chi connectivity index (χ2n) is 7.39. The van der Waals surface area contributed by atoms with Gasteiger partial charge < -0.3 is 5.32 Å². The topological polar surface area (TPSA) is 70.5 Å². The first kappa shape index (κ1) is 22.3. The number of hydrogen-bond acceptors (Lipinski definition) is 3. The summed E-state index contributed by atoms with van der Waals surface area (Å²) in [5.41, 5.74) is -0.785. The van der Waals surface area contributed by atoms with Crippen molar-refractivity contribution in [1.29, 1.82) is 0 Å². The molecule has 4 rings (SSSR count). The summed E-state index contributed by atoms with van der Waals surface area (Å²) in [6.45, 7) is 1.95. The molecule has 2 aromatic carbocycles. The van der Waals surface area contributed by atoms with Crippen LogP contribution in [0, 0.1) is 12.7 Å². The number of urea groups is 1. The Morgan fingerprint density at radius 2 is 1.70 bits per heavy atom. The number of amides is 3. The van der Waals surface area contributed by atoms with Crippen molar-refractivity contribution in [3.8, 4) is 5.69 Å². The van der Waals surface area contributed by atoms with Gasteiger partial charge in [0.05, 0.1) is 34.4 Å². The second-order valence-corrected chi connectivity index (χ2v) is 7.39. The van der Waals surface area contributed by atoms with E-state index in [1.165, 1.54) is 6.20 Å². The highest BCUT2D eigenvalue weighted by atomic mass is 19.4. The molecule has 1 aromatic heterocycles. The van der Waals surface area contributed by atoms with E-state index in [-0.39, 0.29) is 18.7 Å². The lowest BCUT2D eigenvalue weighted by atomic mass is 10.1. The number of aromatic nitrogens is 2. The van der Waals surface area contributed by atoms with Crippen LogP contribution >= 0.6 is 0 Å². The summed E-state index contributed by atoms with van der Waals surface area (Å²) in [6, 6.07) is 10.5. The van der Waals surface area contributed by atoms with Crippen molar-refractivity contribution in [2.24, 2.45) is 0 Å². The van der Waals surface area contributed by atoms with Gasteiger partial charge in [0.1, 0.15) is 5.82 Å². The summed E-state index contributed by atoms with van der Waals surface area (Å²) in [7, 11) is 0. The quantitative estimate of drug-likeness (QED) is 0.578. The molecule has 1 aliphatic heterocycles. The number of carbonyl (C=O) groups excluding carboxylic acids is 2. The molecule has 33 heavy (non-hydrogen) atoms. The van der Waals surface area contributed by atoms with E-state index in [4.69, 9.17) is 0 Å². The second kappa shape index (κ2) is 8.57. The number of hydrazine groups is 1. The van der Waals surface area contributed by atoms with Gasteiger partial charge in [-0.1, -0.05) is 24.3 Å². The summed E-state index contributed by atoms with van der Waals surface area (Å²) >= 11 is 0. The van der Waals surface area contributed by atoms with Gasteiger partial charge in [-0.3, -0.25) is 4.79 Å². The van der Waals surface area contributed by atoms with Gasteiger partial charge in [0.15, 0.2) is 0 Å². The minimum absolute atomic E-state index is 0.0826. The highest BCUT2D eigenvalue weighted by Gasteiger charge is 2.37. The Kier molecular flexibility index (Phi) is 5.79. The van der Waals surface area contributed by atoms with Gasteiger partial charge in [-0.05, 0) is 37.6 Å². The van der Waals surface area contributed by atoms with Gasteiger partial charge in [0, 0.05) is 13.1 Å². The molecule has 0 radical (unpaired) electrons. The van der Waals surface area contributed by atoms with Crippen molar-refractivity contribution in [3.05, 3.63) is 77.4 Å². The van der Waals surface area contributed by atoms with Gasteiger partial charge in [-0.25, -0.2) is 23.9 Å². The van der Waals surface area contributed by atoms with E-state index in [0.29, 0.717) is 18.2 Å². The van der Waals surface area contributed by atoms with Crippen LogP contribution in [-0.2, 0) is 6.18 Å². The van der Waals surface area contributed by atoms with Crippen LogP contribution in [0.4, 0.5) is 28.0 Å². The maximum Gasteiger partial charge on any atom is 0.418 e. The molecule has 3 amide bonds. The van der Waals surface area contributed by atoms with Crippen molar-refractivity contribution < 1.29 is 27.2 Å². The third-order valence-corrected chi connectivity index (χ3v) is 5.29. The largest absolute Gasteiger partial charge is 0.418 e. The van der Waals surface area contributed by atoms with Crippen LogP contribution in [0.25, 0.3) is 5.69 Å². The lowest BCUT2D eigenvalue weighted by Gasteiger charge is -2.28. The van der Waals surface area contributed by atoms with E-state index in [2.05, 4.69) is 5.10 Å². The third-order valence-electron chi connectivity index (χ3n) is 5.29. The maximum atomic E-state index is 14.1. The number of hydrogen-bond donors (Lipinski definition) is 1. The van der Waals surface area contributed by atoms with Gasteiger partial charge in [-0.2, -0.15) is 18.3 Å². The van der Waals surface area contributed by atoms with Crippen molar-refractivity contribution in [3.63, 3.8) is 0 Å². The number of rotatable bonds is 3. The minimum Gasteiger partial charge on any atom is -0.303 e. The molecule has 1 aliphatic rings. The van der Waals surface area contributed by atoms with Crippen molar-refractivity contribution in [2.75, 3.05) is 18.4 Å². The number of carbonyl (C=O) groups is 2. The Morgan fingerprint density at radius 1 is 1.00 bits per heavy atom. The number of anilines is 1. The standard InChI is InChI=1S/C22H19F4N5O2/c1-14-16(13-27-31(14)15-7-3-2-4-8-15)20(32)29-11-6-12-30(29)21(33)28-19-17(22(24,25)26)9-5-10-18(19)23/h2-5,7-10,13H,6,11-12H2,1H3,(H,28,33). The lowest BCUT2D eigenvalue weighted by Crippen LogP contribution is -2.47. The summed E-state index contributed by atoms with van der Waals surface area (Å²) in [5.74, 6) is -1.76. The SMILES string of the molecule is Cc1c(C(=O)N2CCCN2C(=O)Nc2c(F)cccc2C(F)(F)F)cnn1-c1ccccc1. The summed E-state index contributed by atoms with van der Waals surface area (Å²) < 4.78 is 55.5. The van der Waals surface area contributed by atoms with Crippen LogP contribution in [-0.4, -0.2) is 44.8 Å². The number of halogens is 4. The third kappa shape index (κ3) is 4.26. The van der Waals surface area contributed by atoms with Gasteiger partial charge in [0.2, 0.25) is 0 Å². The molecule has 0 spiro atoms. The normalized spacial score (nSPS) is 14.0. The van der Waals surface area contributed by atoms with Crippen LogP contribution in [0.2, 0.25) is 0 Å². The van der Waals surface area contributed by atoms with Gasteiger partial charge in [-0.15, -0.1) is 0 Å². The minimum atomic E-state index is -4.87. The fourth-order valence-electron chi connectivity index (χ4n) is 3.68. The first-order valence-electron chi connectivity index (χ1n) is 10.0. The molecule has 0 unspecified atom stereocenters. The molecule has 0 bridgehead atoms. The molecule has 7 nitrogen and oxygen atoms in total. The van der Waals surface area contributed by atoms with Crippen molar-refractivity contribution in [2.45, 2.75) is 19.5 Å². The van der Waals surface area contributed by atoms with Crippen molar-refractivity contribution >= 4 is 17.6 Å². The molecule has 0 aliphatic carbocycles. The molecule has 1 N–H and O–H groups in total. The van der Waals surface area contributed by atoms with E-state index in [9.17, 15) is 27.2 Å². The van der Waals surface area contributed by atoms with E-state index >= 15 is 0 Å². The molecule has 11 heteroatoms. The van der Waals surface area contributed by atoms with E-state index in [1.54, 1.807) is 11.6 Å². The molecule has 3 aromatic rings. The highest BCUT2D eigenvalue weighted by molar-refractivity contribution is 5.98. The van der Waals surface area contributed by atoms with Crippen LogP contribution in [0.1, 0.15) is 28.0 Å². The zero-order chi connectivity index (χ0) is 23.8. The van der Waals surface area contributed by atoms with Crippen LogP contribution < -0.4 is 5.32 Å². The number of nitrogens with one attached hydrogen (secondary N) is 1. The molecular weight excluding hydrogens is 442 g/mol. The monoisotopic (exact) mass is 461 g/mol. The number of alkyl halides is 3. The predicted molar refractivity (Wildman–Crippen MR) is 111 cm³/mol. The summed E-state index contributed by atoms with van der Waals surface area (Å²) in [4.78, 5) is 25.9. The summed E-state index contributed by atoms with van der Waals surface area (Å²) in [6.07, 6.45) is -3.08. The van der Waals surface area contributed by atoms with E-state index in [0.717, 1.165) is 27.8 Å². The fourth-order valence-corrected chi connectivity index (χ4v) is 3.68. The number of para-hydroxylation sites is 2. The number of benzene rings is 2. The van der Waals surface area contributed by atoms with Crippen LogP contribution in [0.5, 0.6) is 0 Å².